The van der Waals surface area contributed by atoms with Crippen molar-refractivity contribution in [2.24, 2.45) is 0 Å². The van der Waals surface area contributed by atoms with Crippen molar-refractivity contribution in [3.63, 3.8) is 0 Å². The molecule has 1 aromatic carbocycles. The van der Waals surface area contributed by atoms with Gasteiger partial charge in [-0.15, -0.1) is 0 Å². The van der Waals surface area contributed by atoms with Gasteiger partial charge in [0.2, 0.25) is 0 Å². The van der Waals surface area contributed by atoms with Gasteiger partial charge < -0.3 is 5.32 Å². The number of nitrogens with zero attached hydrogens (tertiary/aromatic N) is 2. The molecule has 1 aliphatic heterocycles. The van der Waals surface area contributed by atoms with Crippen molar-refractivity contribution in [1.29, 1.82) is 0 Å². The third-order valence-corrected chi connectivity index (χ3v) is 3.99. The van der Waals surface area contributed by atoms with Gasteiger partial charge in [0.1, 0.15) is 0 Å². The van der Waals surface area contributed by atoms with Crippen LogP contribution in [0.1, 0.15) is 24.6 Å². The highest BCUT2D eigenvalue weighted by atomic mass is 35.5. The number of aryl methyl sites for hydroxylation is 1. The minimum Gasteiger partial charge on any atom is -0.317 e. The lowest BCUT2D eigenvalue weighted by Crippen LogP contribution is -2.30. The first-order valence-electron chi connectivity index (χ1n) is 6.77. The highest BCUT2D eigenvalue weighted by Gasteiger charge is 2.20. The average molecular weight is 276 g/mol. The third kappa shape index (κ3) is 2.53. The molecule has 1 N–H and O–H groups in total. The Morgan fingerprint density at radius 1 is 1.26 bits per heavy atom. The lowest BCUT2D eigenvalue weighted by molar-refractivity contribution is 0.345. The topological polar surface area (TPSA) is 29.9 Å². The van der Waals surface area contributed by atoms with Gasteiger partial charge in [-0.25, -0.2) is 0 Å². The van der Waals surface area contributed by atoms with E-state index >= 15 is 0 Å². The quantitative estimate of drug-likeness (QED) is 0.910. The van der Waals surface area contributed by atoms with Crippen LogP contribution in [0.25, 0.3) is 11.3 Å². The summed E-state index contributed by atoms with van der Waals surface area (Å²) in [6.07, 6.45) is 2.25. The summed E-state index contributed by atoms with van der Waals surface area (Å²) in [4.78, 5) is 0. The highest BCUT2D eigenvalue weighted by molar-refractivity contribution is 6.33. The van der Waals surface area contributed by atoms with Crippen LogP contribution in [0.2, 0.25) is 5.02 Å². The van der Waals surface area contributed by atoms with Crippen LogP contribution in [-0.4, -0.2) is 22.9 Å². The summed E-state index contributed by atoms with van der Waals surface area (Å²) in [7, 11) is 0. The summed E-state index contributed by atoms with van der Waals surface area (Å²) in [5, 5.41) is 8.87. The first-order chi connectivity index (χ1) is 9.25. The number of rotatable bonds is 2. The normalized spacial score (nSPS) is 16.7. The van der Waals surface area contributed by atoms with E-state index in [1.807, 2.05) is 25.1 Å². The van der Waals surface area contributed by atoms with Crippen molar-refractivity contribution in [2.45, 2.75) is 25.8 Å². The Labute approximate surface area is 118 Å². The zero-order chi connectivity index (χ0) is 13.2. The molecule has 0 atom stereocenters. The largest absolute Gasteiger partial charge is 0.317 e. The Bertz CT molecular complexity index is 571. The number of benzene rings is 1. The summed E-state index contributed by atoms with van der Waals surface area (Å²) in [6, 6.07) is 10.6. The maximum Gasteiger partial charge on any atom is 0.0703 e. The summed E-state index contributed by atoms with van der Waals surface area (Å²) in [5.74, 6) is 0. The van der Waals surface area contributed by atoms with Crippen molar-refractivity contribution in [1.82, 2.24) is 15.1 Å². The molecule has 100 valence electrons. The van der Waals surface area contributed by atoms with E-state index in [1.165, 1.54) is 0 Å². The van der Waals surface area contributed by atoms with Gasteiger partial charge in [-0.05, 0) is 45.0 Å². The molecule has 3 nitrogen and oxygen atoms in total. The molecule has 0 amide bonds. The van der Waals surface area contributed by atoms with E-state index < -0.39 is 0 Å². The minimum absolute atomic E-state index is 0.473. The second kappa shape index (κ2) is 5.35. The molecule has 1 aliphatic rings. The van der Waals surface area contributed by atoms with Gasteiger partial charge >= 0.3 is 0 Å². The second-order valence-electron chi connectivity index (χ2n) is 5.08. The second-order valence-corrected chi connectivity index (χ2v) is 5.48. The monoisotopic (exact) mass is 275 g/mol. The molecule has 19 heavy (non-hydrogen) atoms. The molecule has 3 rings (SSSR count). The Morgan fingerprint density at radius 2 is 2.00 bits per heavy atom. The molecule has 1 fully saturated rings. The molecule has 1 saturated heterocycles. The van der Waals surface area contributed by atoms with Gasteiger partial charge in [-0.1, -0.05) is 29.8 Å². The first-order valence-corrected chi connectivity index (χ1v) is 7.15. The van der Waals surface area contributed by atoms with Crippen molar-refractivity contribution >= 4 is 11.6 Å². The van der Waals surface area contributed by atoms with Crippen LogP contribution in [-0.2, 0) is 0 Å². The van der Waals surface area contributed by atoms with Gasteiger partial charge in [0.05, 0.1) is 17.4 Å². The predicted octanol–water partition coefficient (Wildman–Crippen LogP) is 3.44. The van der Waals surface area contributed by atoms with Crippen LogP contribution in [0, 0.1) is 6.92 Å². The molecule has 0 unspecified atom stereocenters. The number of hydrogen-bond acceptors (Lipinski definition) is 2. The molecule has 0 aliphatic carbocycles. The lowest BCUT2D eigenvalue weighted by atomic mass is 10.1. The van der Waals surface area contributed by atoms with E-state index in [9.17, 15) is 0 Å². The fourth-order valence-corrected chi connectivity index (χ4v) is 2.95. The van der Waals surface area contributed by atoms with E-state index in [2.05, 4.69) is 27.2 Å². The Kier molecular flexibility index (Phi) is 3.58. The summed E-state index contributed by atoms with van der Waals surface area (Å²) in [6.45, 7) is 4.16. The number of halogens is 1. The fraction of sp³-hybridized carbons (Fsp3) is 0.400. The van der Waals surface area contributed by atoms with E-state index in [1.54, 1.807) is 0 Å². The number of piperidine rings is 1. The highest BCUT2D eigenvalue weighted by Crippen LogP contribution is 2.32. The summed E-state index contributed by atoms with van der Waals surface area (Å²) in [5.41, 5.74) is 3.26. The maximum absolute atomic E-state index is 6.33. The van der Waals surface area contributed by atoms with Crippen molar-refractivity contribution < 1.29 is 0 Å². The van der Waals surface area contributed by atoms with Gasteiger partial charge in [0.25, 0.3) is 0 Å². The van der Waals surface area contributed by atoms with E-state index in [0.717, 1.165) is 47.9 Å². The van der Waals surface area contributed by atoms with Crippen molar-refractivity contribution in [3.05, 3.63) is 41.0 Å². The standard InChI is InChI=1S/C15H18ClN3/c1-11-10-15(13-4-2-3-5-14(13)16)19(18-11)12-6-8-17-9-7-12/h2-5,10,12,17H,6-9H2,1H3. The summed E-state index contributed by atoms with van der Waals surface area (Å²) < 4.78 is 2.16. The van der Waals surface area contributed by atoms with Crippen LogP contribution < -0.4 is 5.32 Å². The fourth-order valence-electron chi connectivity index (χ4n) is 2.72. The molecule has 0 radical (unpaired) electrons. The Balaban J connectivity index is 2.04. The third-order valence-electron chi connectivity index (χ3n) is 3.66. The van der Waals surface area contributed by atoms with Crippen LogP contribution in [0.4, 0.5) is 0 Å². The number of nitrogens with one attached hydrogen (secondary N) is 1. The molecular formula is C15H18ClN3. The molecule has 2 aromatic rings. The van der Waals surface area contributed by atoms with Gasteiger partial charge in [0, 0.05) is 10.6 Å². The molecule has 2 heterocycles. The maximum atomic E-state index is 6.33. The lowest BCUT2D eigenvalue weighted by Gasteiger charge is -2.25. The minimum atomic E-state index is 0.473. The zero-order valence-corrected chi connectivity index (χ0v) is 11.8. The average Bonchev–Trinajstić information content (AvgIpc) is 2.82. The first kappa shape index (κ1) is 12.7. The molecular weight excluding hydrogens is 258 g/mol. The molecule has 0 bridgehead atoms. The predicted molar refractivity (Wildman–Crippen MR) is 78.6 cm³/mol. The Hall–Kier alpha value is -1.32. The Morgan fingerprint density at radius 3 is 2.74 bits per heavy atom. The van der Waals surface area contributed by atoms with E-state index in [0.29, 0.717) is 6.04 Å². The van der Waals surface area contributed by atoms with Gasteiger partial charge in [0.15, 0.2) is 0 Å². The van der Waals surface area contributed by atoms with Crippen molar-refractivity contribution in [2.75, 3.05) is 13.1 Å². The SMILES string of the molecule is Cc1cc(-c2ccccc2Cl)n(C2CCNCC2)n1. The molecule has 1 aromatic heterocycles. The van der Waals surface area contributed by atoms with Crippen LogP contribution in [0.5, 0.6) is 0 Å². The molecule has 4 heteroatoms. The van der Waals surface area contributed by atoms with E-state index in [-0.39, 0.29) is 0 Å². The zero-order valence-electron chi connectivity index (χ0n) is 11.1. The smallest absolute Gasteiger partial charge is 0.0703 e. The van der Waals surface area contributed by atoms with Crippen molar-refractivity contribution in [3.8, 4) is 11.3 Å². The van der Waals surface area contributed by atoms with Crippen LogP contribution in [0.3, 0.4) is 0 Å². The van der Waals surface area contributed by atoms with Gasteiger partial charge in [-0.3, -0.25) is 4.68 Å². The number of aromatic nitrogens is 2. The van der Waals surface area contributed by atoms with E-state index in [4.69, 9.17) is 11.6 Å². The number of hydrogen-bond donors (Lipinski definition) is 1. The van der Waals surface area contributed by atoms with Crippen LogP contribution in [0.15, 0.2) is 30.3 Å². The summed E-state index contributed by atoms with van der Waals surface area (Å²) >= 11 is 6.33. The molecule has 0 spiro atoms. The molecule has 0 saturated carbocycles. The van der Waals surface area contributed by atoms with Gasteiger partial charge in [-0.2, -0.15) is 5.10 Å². The van der Waals surface area contributed by atoms with Crippen LogP contribution >= 0.6 is 11.6 Å².